The molecular formula is C32H33N3O5. The normalized spacial score (nSPS) is 16.9. The van der Waals surface area contributed by atoms with E-state index in [1.807, 2.05) is 48.5 Å². The molecule has 8 heteroatoms. The molecule has 0 saturated carbocycles. The second-order valence-electron chi connectivity index (χ2n) is 10.4. The van der Waals surface area contributed by atoms with Crippen molar-refractivity contribution in [3.05, 3.63) is 72.3 Å². The number of benzene rings is 3. The molecule has 2 unspecified atom stereocenters. The number of amides is 1. The molecule has 1 aliphatic heterocycles. The van der Waals surface area contributed by atoms with Gasteiger partial charge in [-0.3, -0.25) is 4.79 Å². The van der Waals surface area contributed by atoms with Crippen LogP contribution in [0.2, 0.25) is 0 Å². The zero-order chi connectivity index (χ0) is 28.2. The first kappa shape index (κ1) is 27.1. The van der Waals surface area contributed by atoms with E-state index in [1.165, 1.54) is 0 Å². The van der Waals surface area contributed by atoms with E-state index in [2.05, 4.69) is 13.8 Å². The van der Waals surface area contributed by atoms with Gasteiger partial charge in [0.05, 0.1) is 42.2 Å². The smallest absolute Gasteiger partial charge is 0.338 e. The largest absolute Gasteiger partial charge is 0.497 e. The summed E-state index contributed by atoms with van der Waals surface area (Å²) in [5.74, 6) is 1.61. The maximum absolute atomic E-state index is 12.9. The van der Waals surface area contributed by atoms with Gasteiger partial charge >= 0.3 is 5.97 Å². The first-order valence-corrected chi connectivity index (χ1v) is 13.4. The number of hydrogen-bond donors (Lipinski definition) is 0. The van der Waals surface area contributed by atoms with Crippen molar-refractivity contribution in [3.8, 4) is 34.0 Å². The van der Waals surface area contributed by atoms with Crippen molar-refractivity contribution in [2.75, 3.05) is 33.9 Å². The molecule has 0 radical (unpaired) electrons. The van der Waals surface area contributed by atoms with Gasteiger partial charge < -0.3 is 19.1 Å². The van der Waals surface area contributed by atoms with E-state index in [1.54, 1.807) is 37.3 Å². The standard InChI is InChI=1S/C32H33N3O5/c1-20-15-21(2)18-35(17-20)29(36)19-40-32(37)24-9-14-27-28(16-24)34-31(23-7-12-26(39-4)13-8-23)30(33-27)22-5-10-25(38-3)11-6-22/h5-14,16,20-21H,15,17-19H2,1-4H3. The van der Waals surface area contributed by atoms with Crippen LogP contribution in [0.1, 0.15) is 30.6 Å². The first-order chi connectivity index (χ1) is 19.3. The third kappa shape index (κ3) is 5.91. The van der Waals surface area contributed by atoms with Gasteiger partial charge in [-0.25, -0.2) is 14.8 Å². The highest BCUT2D eigenvalue weighted by Gasteiger charge is 2.26. The molecule has 2 heterocycles. The van der Waals surface area contributed by atoms with Crippen LogP contribution >= 0.6 is 0 Å². The molecule has 1 fully saturated rings. The van der Waals surface area contributed by atoms with Crippen LogP contribution in [0.4, 0.5) is 0 Å². The fourth-order valence-corrected chi connectivity index (χ4v) is 5.25. The Kier molecular flexibility index (Phi) is 7.96. The number of likely N-dealkylation sites (tertiary alicyclic amines) is 1. The first-order valence-electron chi connectivity index (χ1n) is 13.4. The predicted molar refractivity (Wildman–Crippen MR) is 153 cm³/mol. The number of ether oxygens (including phenoxy) is 3. The predicted octanol–water partition coefficient (Wildman–Crippen LogP) is 5.64. The quantitative estimate of drug-likeness (QED) is 0.281. The average Bonchev–Trinajstić information content (AvgIpc) is 2.98. The number of hydrogen-bond acceptors (Lipinski definition) is 7. The van der Waals surface area contributed by atoms with E-state index in [0.29, 0.717) is 52.9 Å². The summed E-state index contributed by atoms with van der Waals surface area (Å²) < 4.78 is 16.0. The van der Waals surface area contributed by atoms with Crippen LogP contribution in [0.25, 0.3) is 33.5 Å². The summed E-state index contributed by atoms with van der Waals surface area (Å²) in [6.07, 6.45) is 1.10. The number of carbonyl (C=O) groups excluding carboxylic acids is 2. The molecule has 8 nitrogen and oxygen atoms in total. The van der Waals surface area contributed by atoms with Crippen molar-refractivity contribution in [1.29, 1.82) is 0 Å². The summed E-state index contributed by atoms with van der Waals surface area (Å²) in [5.41, 5.74) is 4.58. The minimum atomic E-state index is -0.569. The van der Waals surface area contributed by atoms with Gasteiger partial charge in [-0.15, -0.1) is 0 Å². The second kappa shape index (κ2) is 11.7. The number of esters is 1. The van der Waals surface area contributed by atoms with Crippen LogP contribution in [-0.2, 0) is 9.53 Å². The summed E-state index contributed by atoms with van der Waals surface area (Å²) in [5, 5.41) is 0. The summed E-state index contributed by atoms with van der Waals surface area (Å²) >= 11 is 0. The molecule has 1 amide bonds. The Labute approximate surface area is 233 Å². The third-order valence-corrected chi connectivity index (χ3v) is 7.18. The lowest BCUT2D eigenvalue weighted by molar-refractivity contribution is -0.137. The zero-order valence-electron chi connectivity index (χ0n) is 23.2. The number of rotatable bonds is 7. The summed E-state index contributed by atoms with van der Waals surface area (Å²) in [7, 11) is 3.25. The van der Waals surface area contributed by atoms with Gasteiger partial charge in [0.25, 0.3) is 5.91 Å². The van der Waals surface area contributed by atoms with E-state index >= 15 is 0 Å². The molecule has 1 saturated heterocycles. The Balaban J connectivity index is 1.44. The molecule has 0 aliphatic carbocycles. The lowest BCUT2D eigenvalue weighted by atomic mass is 9.92. The monoisotopic (exact) mass is 539 g/mol. The summed E-state index contributed by atoms with van der Waals surface area (Å²) in [6.45, 7) is 5.38. The highest BCUT2D eigenvalue weighted by molar-refractivity contribution is 5.96. The van der Waals surface area contributed by atoms with Crippen LogP contribution in [0, 0.1) is 11.8 Å². The van der Waals surface area contributed by atoms with Gasteiger partial charge in [-0.2, -0.15) is 0 Å². The number of aromatic nitrogens is 2. The fourth-order valence-electron chi connectivity index (χ4n) is 5.25. The van der Waals surface area contributed by atoms with E-state index in [4.69, 9.17) is 24.2 Å². The molecule has 2 atom stereocenters. The van der Waals surface area contributed by atoms with Gasteiger partial charge in [0.15, 0.2) is 6.61 Å². The Morgan fingerprint density at radius 2 is 1.30 bits per heavy atom. The topological polar surface area (TPSA) is 90.9 Å². The Hall–Kier alpha value is -4.46. The van der Waals surface area contributed by atoms with Gasteiger partial charge in [0.1, 0.15) is 11.5 Å². The highest BCUT2D eigenvalue weighted by atomic mass is 16.5. The number of carbonyl (C=O) groups is 2. The van der Waals surface area contributed by atoms with Crippen LogP contribution in [0.5, 0.6) is 11.5 Å². The van der Waals surface area contributed by atoms with Gasteiger partial charge in [0, 0.05) is 24.2 Å². The fraction of sp³-hybridized carbons (Fsp3) is 0.312. The van der Waals surface area contributed by atoms with Crippen LogP contribution in [0.3, 0.4) is 0 Å². The molecule has 40 heavy (non-hydrogen) atoms. The molecule has 206 valence electrons. The number of nitrogens with zero attached hydrogens (tertiary/aromatic N) is 3. The van der Waals surface area contributed by atoms with Crippen molar-refractivity contribution < 1.29 is 23.8 Å². The van der Waals surface area contributed by atoms with E-state index in [0.717, 1.165) is 29.0 Å². The zero-order valence-corrected chi connectivity index (χ0v) is 23.2. The molecule has 0 spiro atoms. The molecule has 4 aromatic rings. The van der Waals surface area contributed by atoms with E-state index < -0.39 is 5.97 Å². The van der Waals surface area contributed by atoms with Gasteiger partial charge in [0.2, 0.25) is 0 Å². The van der Waals surface area contributed by atoms with Crippen LogP contribution in [0.15, 0.2) is 66.7 Å². The molecule has 1 aliphatic rings. The van der Waals surface area contributed by atoms with Crippen LogP contribution in [-0.4, -0.2) is 60.7 Å². The number of fused-ring (bicyclic) bond motifs is 1. The highest BCUT2D eigenvalue weighted by Crippen LogP contribution is 2.33. The Morgan fingerprint density at radius 3 is 1.82 bits per heavy atom. The van der Waals surface area contributed by atoms with Crippen molar-refractivity contribution in [2.24, 2.45) is 11.8 Å². The lowest BCUT2D eigenvalue weighted by Gasteiger charge is -2.34. The number of methoxy groups -OCH3 is 2. The second-order valence-corrected chi connectivity index (χ2v) is 10.4. The van der Waals surface area contributed by atoms with Gasteiger partial charge in [-0.05, 0) is 85.0 Å². The lowest BCUT2D eigenvalue weighted by Crippen LogP contribution is -2.44. The third-order valence-electron chi connectivity index (χ3n) is 7.18. The Morgan fingerprint density at radius 1 is 0.775 bits per heavy atom. The summed E-state index contributed by atoms with van der Waals surface area (Å²) in [4.78, 5) is 37.3. The maximum Gasteiger partial charge on any atom is 0.338 e. The molecule has 3 aromatic carbocycles. The van der Waals surface area contributed by atoms with E-state index in [-0.39, 0.29) is 12.5 Å². The van der Waals surface area contributed by atoms with Crippen molar-refractivity contribution in [2.45, 2.75) is 20.3 Å². The molecule has 5 rings (SSSR count). The van der Waals surface area contributed by atoms with Gasteiger partial charge in [-0.1, -0.05) is 13.8 Å². The Bertz CT molecular complexity index is 1510. The van der Waals surface area contributed by atoms with Crippen molar-refractivity contribution in [3.63, 3.8) is 0 Å². The minimum absolute atomic E-state index is 0.168. The van der Waals surface area contributed by atoms with Crippen molar-refractivity contribution in [1.82, 2.24) is 14.9 Å². The van der Waals surface area contributed by atoms with E-state index in [9.17, 15) is 9.59 Å². The number of piperidine rings is 1. The minimum Gasteiger partial charge on any atom is -0.497 e. The molecular weight excluding hydrogens is 506 g/mol. The SMILES string of the molecule is COc1ccc(-c2nc3ccc(C(=O)OCC(=O)N4CC(C)CC(C)C4)cc3nc2-c2ccc(OC)cc2)cc1. The van der Waals surface area contributed by atoms with Crippen molar-refractivity contribution >= 4 is 22.9 Å². The summed E-state index contributed by atoms with van der Waals surface area (Å²) in [6, 6.07) is 20.3. The van der Waals surface area contributed by atoms with Crippen LogP contribution < -0.4 is 9.47 Å². The molecule has 1 aromatic heterocycles. The maximum atomic E-state index is 12.9. The molecule has 0 N–H and O–H groups in total. The molecule has 0 bridgehead atoms. The average molecular weight is 540 g/mol.